The van der Waals surface area contributed by atoms with Crippen LogP contribution in [0, 0.1) is 6.92 Å². The summed E-state index contributed by atoms with van der Waals surface area (Å²) in [6.45, 7) is 4.46. The van der Waals surface area contributed by atoms with Crippen LogP contribution in [0.5, 0.6) is 5.75 Å². The fourth-order valence-electron chi connectivity index (χ4n) is 1.91. The lowest BCUT2D eigenvalue weighted by Gasteiger charge is -2.00. The summed E-state index contributed by atoms with van der Waals surface area (Å²) in [6, 6.07) is 7.57. The highest BCUT2D eigenvalue weighted by molar-refractivity contribution is 7.99. The highest BCUT2D eigenvalue weighted by atomic mass is 32.2. The first-order valence-corrected chi connectivity index (χ1v) is 8.24. The summed E-state index contributed by atoms with van der Waals surface area (Å²) in [4.78, 5) is 15.9. The Morgan fingerprint density at radius 3 is 2.73 bits per heavy atom. The Bertz CT molecular complexity index is 623. The van der Waals surface area contributed by atoms with Crippen LogP contribution in [-0.2, 0) is 10.5 Å². The van der Waals surface area contributed by atoms with Crippen LogP contribution in [0.1, 0.15) is 18.4 Å². The first-order chi connectivity index (χ1) is 10.6. The van der Waals surface area contributed by atoms with Crippen molar-refractivity contribution >= 4 is 17.7 Å². The molecule has 6 heteroatoms. The van der Waals surface area contributed by atoms with E-state index in [1.54, 1.807) is 7.11 Å². The number of amides is 1. The average Bonchev–Trinajstić information content (AvgIpc) is 2.89. The zero-order valence-corrected chi connectivity index (χ0v) is 13.8. The Morgan fingerprint density at radius 2 is 2.09 bits per heavy atom. The molecule has 1 aromatic heterocycles. The number of hydrogen-bond donors (Lipinski definition) is 1. The summed E-state index contributed by atoms with van der Waals surface area (Å²) in [5, 5.41) is 2.77. The fraction of sp³-hybridized carbons (Fsp3) is 0.375. The van der Waals surface area contributed by atoms with Crippen LogP contribution in [0.4, 0.5) is 0 Å². The molecule has 118 valence electrons. The molecule has 0 radical (unpaired) electrons. The Hall–Kier alpha value is -1.95. The maximum atomic E-state index is 11.4. The van der Waals surface area contributed by atoms with Crippen LogP contribution >= 0.6 is 11.8 Å². The summed E-state index contributed by atoms with van der Waals surface area (Å²) < 4.78 is 10.9. The van der Waals surface area contributed by atoms with Gasteiger partial charge in [-0.25, -0.2) is 4.98 Å². The van der Waals surface area contributed by atoms with E-state index in [4.69, 9.17) is 9.15 Å². The van der Waals surface area contributed by atoms with Gasteiger partial charge in [-0.15, -0.1) is 11.8 Å². The minimum Gasteiger partial charge on any atom is -0.497 e. The van der Waals surface area contributed by atoms with Crippen LogP contribution in [0.3, 0.4) is 0 Å². The third-order valence-corrected chi connectivity index (χ3v) is 4.02. The molecule has 0 bridgehead atoms. The number of carbonyl (C=O) groups excluding carboxylic acids is 1. The number of rotatable bonds is 7. The average molecular weight is 320 g/mol. The van der Waals surface area contributed by atoms with Gasteiger partial charge in [0.1, 0.15) is 11.5 Å². The van der Waals surface area contributed by atoms with Crippen molar-refractivity contribution in [1.29, 1.82) is 0 Å². The van der Waals surface area contributed by atoms with Gasteiger partial charge in [-0.3, -0.25) is 4.79 Å². The van der Waals surface area contributed by atoms with Gasteiger partial charge in [0.2, 0.25) is 11.8 Å². The van der Waals surface area contributed by atoms with Crippen molar-refractivity contribution in [3.8, 4) is 17.2 Å². The van der Waals surface area contributed by atoms with Gasteiger partial charge in [0, 0.05) is 17.9 Å². The minimum atomic E-state index is 0.0454. The summed E-state index contributed by atoms with van der Waals surface area (Å²) in [6.07, 6.45) is 0. The van der Waals surface area contributed by atoms with Gasteiger partial charge in [0.05, 0.1) is 18.6 Å². The highest BCUT2D eigenvalue weighted by Crippen LogP contribution is 2.25. The number of methoxy groups -OCH3 is 1. The second-order valence-electron chi connectivity index (χ2n) is 4.70. The van der Waals surface area contributed by atoms with E-state index in [-0.39, 0.29) is 5.91 Å². The number of benzene rings is 1. The van der Waals surface area contributed by atoms with E-state index in [2.05, 4.69) is 10.3 Å². The number of nitrogens with one attached hydrogen (secondary N) is 1. The molecule has 1 N–H and O–H groups in total. The standard InChI is InChI=1S/C16H20N2O3S/c1-4-17-15(19)10-22-9-14-11(2)21-16(18-14)12-5-7-13(20-3)8-6-12/h5-8H,4,9-10H2,1-3H3,(H,17,19). The van der Waals surface area contributed by atoms with Crippen molar-refractivity contribution in [3.05, 3.63) is 35.7 Å². The molecule has 0 aliphatic rings. The first kappa shape index (κ1) is 16.4. The molecule has 0 aliphatic carbocycles. The largest absolute Gasteiger partial charge is 0.497 e. The van der Waals surface area contributed by atoms with Crippen molar-refractivity contribution in [2.24, 2.45) is 0 Å². The summed E-state index contributed by atoms with van der Waals surface area (Å²) in [5.74, 6) is 3.30. The Kier molecular flexibility index (Phi) is 5.89. The zero-order valence-electron chi connectivity index (χ0n) is 13.0. The molecule has 2 rings (SSSR count). The molecule has 0 saturated heterocycles. The first-order valence-electron chi connectivity index (χ1n) is 7.09. The summed E-state index contributed by atoms with van der Waals surface area (Å²) in [5.41, 5.74) is 1.78. The number of carbonyl (C=O) groups is 1. The van der Waals surface area contributed by atoms with E-state index in [1.165, 1.54) is 11.8 Å². The SMILES string of the molecule is CCNC(=O)CSCc1nc(-c2ccc(OC)cc2)oc1C. The zero-order chi connectivity index (χ0) is 15.9. The van der Waals surface area contributed by atoms with Crippen LogP contribution in [0.25, 0.3) is 11.5 Å². The van der Waals surface area contributed by atoms with E-state index < -0.39 is 0 Å². The molecule has 22 heavy (non-hydrogen) atoms. The van der Waals surface area contributed by atoms with E-state index in [9.17, 15) is 4.79 Å². The highest BCUT2D eigenvalue weighted by Gasteiger charge is 2.12. The van der Waals surface area contributed by atoms with Gasteiger partial charge in [0.15, 0.2) is 0 Å². The van der Waals surface area contributed by atoms with Crippen molar-refractivity contribution in [1.82, 2.24) is 10.3 Å². The van der Waals surface area contributed by atoms with Crippen LogP contribution in [0.2, 0.25) is 0 Å². The normalized spacial score (nSPS) is 10.5. The smallest absolute Gasteiger partial charge is 0.229 e. The van der Waals surface area contributed by atoms with Crippen LogP contribution in [-0.4, -0.2) is 30.3 Å². The van der Waals surface area contributed by atoms with E-state index in [0.29, 0.717) is 23.9 Å². The predicted octanol–water partition coefficient (Wildman–Crippen LogP) is 3.03. The molecule has 1 heterocycles. The molecule has 0 aliphatic heterocycles. The Balaban J connectivity index is 1.99. The van der Waals surface area contributed by atoms with Gasteiger partial charge in [-0.1, -0.05) is 0 Å². The van der Waals surface area contributed by atoms with Crippen LogP contribution < -0.4 is 10.1 Å². The van der Waals surface area contributed by atoms with E-state index in [0.717, 1.165) is 22.8 Å². The van der Waals surface area contributed by atoms with Gasteiger partial charge in [-0.05, 0) is 38.1 Å². The third-order valence-electron chi connectivity index (χ3n) is 3.08. The summed E-state index contributed by atoms with van der Waals surface area (Å²) in [7, 11) is 1.63. The number of aromatic nitrogens is 1. The number of nitrogens with zero attached hydrogens (tertiary/aromatic N) is 1. The van der Waals surface area contributed by atoms with Crippen LogP contribution in [0.15, 0.2) is 28.7 Å². The van der Waals surface area contributed by atoms with E-state index >= 15 is 0 Å². The maximum Gasteiger partial charge on any atom is 0.229 e. The third kappa shape index (κ3) is 4.27. The van der Waals surface area contributed by atoms with E-state index in [1.807, 2.05) is 38.1 Å². The van der Waals surface area contributed by atoms with Crippen molar-refractivity contribution < 1.29 is 13.9 Å². The number of aryl methyl sites for hydroxylation is 1. The molecule has 0 atom stereocenters. The molecule has 1 amide bonds. The summed E-state index contributed by atoms with van der Waals surface area (Å²) >= 11 is 1.53. The molecule has 0 saturated carbocycles. The molecule has 1 aromatic carbocycles. The quantitative estimate of drug-likeness (QED) is 0.849. The molecule has 2 aromatic rings. The lowest BCUT2D eigenvalue weighted by atomic mass is 10.2. The number of hydrogen-bond acceptors (Lipinski definition) is 5. The Labute approximate surface area is 134 Å². The van der Waals surface area contributed by atoms with Crippen molar-refractivity contribution in [2.45, 2.75) is 19.6 Å². The second-order valence-corrected chi connectivity index (χ2v) is 5.68. The molecular weight excluding hydrogens is 300 g/mol. The number of thioether (sulfide) groups is 1. The van der Waals surface area contributed by atoms with Gasteiger partial charge < -0.3 is 14.5 Å². The minimum absolute atomic E-state index is 0.0454. The van der Waals surface area contributed by atoms with Gasteiger partial charge in [0.25, 0.3) is 0 Å². The van der Waals surface area contributed by atoms with Crippen molar-refractivity contribution in [2.75, 3.05) is 19.4 Å². The monoisotopic (exact) mass is 320 g/mol. The lowest BCUT2D eigenvalue weighted by Crippen LogP contribution is -2.24. The van der Waals surface area contributed by atoms with Gasteiger partial charge in [-0.2, -0.15) is 0 Å². The van der Waals surface area contributed by atoms with Crippen molar-refractivity contribution in [3.63, 3.8) is 0 Å². The molecule has 5 nitrogen and oxygen atoms in total. The molecular formula is C16H20N2O3S. The molecule has 0 spiro atoms. The van der Waals surface area contributed by atoms with Gasteiger partial charge >= 0.3 is 0 Å². The molecule has 0 fully saturated rings. The predicted molar refractivity (Wildman–Crippen MR) is 88.1 cm³/mol. The topological polar surface area (TPSA) is 64.4 Å². The fourth-order valence-corrected chi connectivity index (χ4v) is 2.76. The lowest BCUT2D eigenvalue weighted by molar-refractivity contribution is -0.118. The number of oxazole rings is 1. The molecule has 0 unspecified atom stereocenters. The maximum absolute atomic E-state index is 11.4. The second kappa shape index (κ2) is 7.89. The number of ether oxygens (including phenoxy) is 1. The Morgan fingerprint density at radius 1 is 1.36 bits per heavy atom.